The second kappa shape index (κ2) is 11.6. The summed E-state index contributed by atoms with van der Waals surface area (Å²) in [6.07, 6.45) is 9.43. The second-order valence-corrected chi connectivity index (χ2v) is 9.82. The number of allylic oxidation sites excluding steroid dienone is 6. The Balaban J connectivity index is 1.61. The first-order valence-electron chi connectivity index (χ1n) is 13.3. The van der Waals surface area contributed by atoms with E-state index in [2.05, 4.69) is 67.0 Å². The normalized spacial score (nSPS) is 15.4. The maximum atomic E-state index is 12.0. The lowest BCUT2D eigenvalue weighted by molar-refractivity contribution is -0.147. The molecule has 2 aliphatic rings. The molecular formula is C33H30BNO6. The van der Waals surface area contributed by atoms with Crippen LogP contribution in [0.15, 0.2) is 121 Å². The Morgan fingerprint density at radius 1 is 0.683 bits per heavy atom. The van der Waals surface area contributed by atoms with Gasteiger partial charge in [-0.3, -0.25) is 9.59 Å². The van der Waals surface area contributed by atoms with Crippen LogP contribution in [0, 0.1) is 13.8 Å². The minimum atomic E-state index is -3.25. The highest BCUT2D eigenvalue weighted by Crippen LogP contribution is 2.34. The van der Waals surface area contributed by atoms with E-state index < -0.39 is 18.9 Å². The van der Waals surface area contributed by atoms with Crippen molar-refractivity contribution in [1.82, 2.24) is 4.58 Å². The molecule has 1 heterocycles. The predicted octanol–water partition coefficient (Wildman–Crippen LogP) is 6.61. The molecular weight excluding hydrogens is 517 g/mol. The second-order valence-electron chi connectivity index (χ2n) is 9.82. The fourth-order valence-corrected chi connectivity index (χ4v) is 4.56. The third kappa shape index (κ3) is 6.39. The minimum absolute atomic E-state index is 0.321. The Hall–Kier alpha value is -5.11. The molecule has 0 atom stereocenters. The van der Waals surface area contributed by atoms with Crippen LogP contribution in [0.25, 0.3) is 5.76 Å². The van der Waals surface area contributed by atoms with Gasteiger partial charge in [0.2, 0.25) is 17.1 Å². The van der Waals surface area contributed by atoms with Gasteiger partial charge >= 0.3 is 6.96 Å². The summed E-state index contributed by atoms with van der Waals surface area (Å²) in [4.78, 5) is 24.0. The van der Waals surface area contributed by atoms with Gasteiger partial charge in [0.15, 0.2) is 0 Å². The van der Waals surface area contributed by atoms with Crippen LogP contribution in [0.1, 0.15) is 30.5 Å². The topological polar surface area (TPSA) is 74.1 Å². The SMILES string of the molecule is CC(=O)O[B-]1(OC(C)=O)OC(c2ccccc2)=CC(=C2C=CC(=[N+](c3ccc(C)cc3)c3ccc(C)cc3)C=C2)O1. The third-order valence-corrected chi connectivity index (χ3v) is 6.48. The van der Waals surface area contributed by atoms with E-state index in [1.807, 2.05) is 54.6 Å². The monoisotopic (exact) mass is 547 g/mol. The van der Waals surface area contributed by atoms with Crippen molar-refractivity contribution in [2.24, 2.45) is 0 Å². The lowest BCUT2D eigenvalue weighted by Gasteiger charge is -2.43. The van der Waals surface area contributed by atoms with Crippen molar-refractivity contribution in [2.75, 3.05) is 0 Å². The standard InChI is InChI=1S/C33H30BNO6/c1-23-10-16-29(17-11-23)35(30-18-12-24(2)13-19-30)31-20-14-28(15-21-31)33-22-32(27-8-6-5-7-9-27)40-34(41-33,38-25(3)36)39-26(4)37/h5-22H,1-4H3. The molecule has 206 valence electrons. The van der Waals surface area contributed by atoms with Crippen molar-refractivity contribution in [3.63, 3.8) is 0 Å². The molecule has 1 aliphatic heterocycles. The molecule has 0 saturated carbocycles. The number of aryl methyl sites for hydroxylation is 2. The summed E-state index contributed by atoms with van der Waals surface area (Å²) >= 11 is 0. The molecule has 0 amide bonds. The smallest absolute Gasteiger partial charge is 0.610 e. The van der Waals surface area contributed by atoms with Gasteiger partial charge in [0.05, 0.1) is 11.5 Å². The molecule has 0 bridgehead atoms. The van der Waals surface area contributed by atoms with E-state index in [-0.39, 0.29) is 0 Å². The predicted molar refractivity (Wildman–Crippen MR) is 160 cm³/mol. The van der Waals surface area contributed by atoms with Crippen LogP contribution in [-0.4, -0.2) is 24.6 Å². The van der Waals surface area contributed by atoms with E-state index in [9.17, 15) is 9.59 Å². The van der Waals surface area contributed by atoms with Crippen LogP contribution in [0.2, 0.25) is 0 Å². The average Bonchev–Trinajstić information content (AvgIpc) is 2.95. The van der Waals surface area contributed by atoms with E-state index in [4.69, 9.17) is 18.6 Å². The Kier molecular flexibility index (Phi) is 7.74. The van der Waals surface area contributed by atoms with Crippen molar-refractivity contribution < 1.29 is 28.2 Å². The lowest BCUT2D eigenvalue weighted by atomic mass is 9.97. The third-order valence-electron chi connectivity index (χ3n) is 6.48. The molecule has 0 N–H and O–H groups in total. The fraction of sp³-hybridized carbons (Fsp3) is 0.121. The van der Waals surface area contributed by atoms with Crippen molar-refractivity contribution in [3.8, 4) is 0 Å². The number of hydrogen-bond donors (Lipinski definition) is 0. The van der Waals surface area contributed by atoms with E-state index in [0.29, 0.717) is 22.7 Å². The molecule has 3 aromatic rings. The number of carbonyl (C=O) groups is 2. The first kappa shape index (κ1) is 27.5. The highest BCUT2D eigenvalue weighted by atomic mass is 16.9. The van der Waals surface area contributed by atoms with Gasteiger partial charge in [-0.25, -0.2) is 0 Å². The summed E-state index contributed by atoms with van der Waals surface area (Å²) in [5.41, 5.74) is 6.67. The zero-order valence-electron chi connectivity index (χ0n) is 23.4. The molecule has 1 aliphatic carbocycles. The summed E-state index contributed by atoms with van der Waals surface area (Å²) < 4.78 is 24.8. The first-order chi connectivity index (χ1) is 19.7. The highest BCUT2D eigenvalue weighted by molar-refractivity contribution is 6.59. The molecule has 3 aromatic carbocycles. The summed E-state index contributed by atoms with van der Waals surface area (Å²) in [6.45, 7) is 3.26. The van der Waals surface area contributed by atoms with Gasteiger partial charge in [-0.2, -0.15) is 4.58 Å². The van der Waals surface area contributed by atoms with Crippen LogP contribution in [0.5, 0.6) is 0 Å². The van der Waals surface area contributed by atoms with Crippen LogP contribution in [0.3, 0.4) is 0 Å². The zero-order valence-corrected chi connectivity index (χ0v) is 23.4. The van der Waals surface area contributed by atoms with Gasteiger partial charge in [0.1, 0.15) is 0 Å². The molecule has 0 saturated heterocycles. The Morgan fingerprint density at radius 2 is 1.20 bits per heavy atom. The molecule has 41 heavy (non-hydrogen) atoms. The first-order valence-corrected chi connectivity index (χ1v) is 13.3. The molecule has 0 spiro atoms. The minimum Gasteiger partial charge on any atom is -0.610 e. The summed E-state index contributed by atoms with van der Waals surface area (Å²) in [5.74, 6) is -0.787. The van der Waals surface area contributed by atoms with Gasteiger partial charge in [0.25, 0.3) is 11.9 Å². The van der Waals surface area contributed by atoms with E-state index >= 15 is 0 Å². The van der Waals surface area contributed by atoms with Gasteiger partial charge < -0.3 is 18.6 Å². The van der Waals surface area contributed by atoms with Crippen LogP contribution in [-0.2, 0) is 28.2 Å². The van der Waals surface area contributed by atoms with Crippen molar-refractivity contribution >= 4 is 41.7 Å². The Bertz CT molecular complexity index is 1550. The zero-order chi connectivity index (χ0) is 29.0. The maximum Gasteiger partial charge on any atom is 0.780 e. The number of hydrogen-bond acceptors (Lipinski definition) is 6. The Morgan fingerprint density at radius 3 is 1.68 bits per heavy atom. The molecule has 7 nitrogen and oxygen atoms in total. The van der Waals surface area contributed by atoms with Gasteiger partial charge in [-0.05, 0) is 26.0 Å². The molecule has 0 aromatic heterocycles. The van der Waals surface area contributed by atoms with Crippen molar-refractivity contribution in [2.45, 2.75) is 27.7 Å². The van der Waals surface area contributed by atoms with Gasteiger partial charge in [-0.1, -0.05) is 65.7 Å². The summed E-state index contributed by atoms with van der Waals surface area (Å²) in [7, 11) is 0. The molecule has 0 unspecified atom stereocenters. The van der Waals surface area contributed by atoms with E-state index in [1.54, 1.807) is 6.08 Å². The lowest BCUT2D eigenvalue weighted by Crippen LogP contribution is -2.52. The van der Waals surface area contributed by atoms with E-state index in [0.717, 1.165) is 17.1 Å². The van der Waals surface area contributed by atoms with Crippen molar-refractivity contribution in [3.05, 3.63) is 137 Å². The van der Waals surface area contributed by atoms with E-state index in [1.165, 1.54) is 25.0 Å². The fourth-order valence-electron chi connectivity index (χ4n) is 4.56. The van der Waals surface area contributed by atoms with Crippen LogP contribution < -0.4 is 4.58 Å². The van der Waals surface area contributed by atoms with Crippen LogP contribution in [0.4, 0.5) is 11.4 Å². The Labute approximate surface area is 239 Å². The van der Waals surface area contributed by atoms with Crippen molar-refractivity contribution in [1.29, 1.82) is 0 Å². The molecule has 0 radical (unpaired) electrons. The highest BCUT2D eigenvalue weighted by Gasteiger charge is 2.47. The maximum absolute atomic E-state index is 12.0. The number of nitrogens with zero attached hydrogens (tertiary/aromatic N) is 1. The molecule has 5 rings (SSSR count). The molecule has 8 heteroatoms. The van der Waals surface area contributed by atoms with Gasteiger partial charge in [-0.15, -0.1) is 0 Å². The number of rotatable bonds is 5. The quantitative estimate of drug-likeness (QED) is 0.265. The largest absolute Gasteiger partial charge is 0.780 e. The molecule has 0 fully saturated rings. The number of carbonyl (C=O) groups excluding carboxylic acids is 2. The average molecular weight is 547 g/mol. The number of benzene rings is 3. The van der Waals surface area contributed by atoms with Gasteiger partial charge in [0, 0.05) is 67.5 Å². The van der Waals surface area contributed by atoms with Crippen LogP contribution >= 0.6 is 0 Å². The summed E-state index contributed by atoms with van der Waals surface area (Å²) in [5, 5.41) is 0. The summed E-state index contributed by atoms with van der Waals surface area (Å²) in [6, 6.07) is 25.9.